The zero-order valence-electron chi connectivity index (χ0n) is 14.1. The Morgan fingerprint density at radius 3 is 2.41 bits per heavy atom. The molecule has 27 heavy (non-hydrogen) atoms. The van der Waals surface area contributed by atoms with E-state index in [1.807, 2.05) is 0 Å². The number of primary amides is 1. The van der Waals surface area contributed by atoms with Gasteiger partial charge in [0.15, 0.2) is 0 Å². The van der Waals surface area contributed by atoms with Gasteiger partial charge in [-0.05, 0) is 37.1 Å². The Hall–Kier alpha value is -2.34. The number of alkyl halides is 3. The maximum Gasteiger partial charge on any atom is 0.402 e. The summed E-state index contributed by atoms with van der Waals surface area (Å²) >= 11 is 0. The molecule has 1 atom stereocenters. The van der Waals surface area contributed by atoms with E-state index in [1.54, 1.807) is 0 Å². The largest absolute Gasteiger partial charge is 0.402 e. The highest BCUT2D eigenvalue weighted by atomic mass is 32.2. The van der Waals surface area contributed by atoms with Crippen molar-refractivity contribution >= 4 is 27.6 Å². The number of rotatable bonds is 5. The average molecular weight is 408 g/mol. The summed E-state index contributed by atoms with van der Waals surface area (Å²) in [7, 11) is -4.32. The Bertz CT molecular complexity index is 796. The van der Waals surface area contributed by atoms with Gasteiger partial charge in [-0.1, -0.05) is 0 Å². The van der Waals surface area contributed by atoms with Crippen LogP contribution in [0.4, 0.5) is 23.7 Å². The maximum absolute atomic E-state index is 12.3. The fourth-order valence-electron chi connectivity index (χ4n) is 2.61. The summed E-state index contributed by atoms with van der Waals surface area (Å²) in [5, 5.41) is 2.59. The standard InChI is InChI=1S/C15H19F3N4O4S/c16-15(17,18)9-20-27(25,26)12-5-3-11(4-6-12)21-13(23)10-2-1-7-22(8-10)14(19)24/h3-6,10,20H,1-2,7-9H2,(H2,19,24)(H,21,23)/t10-/m0/s1. The molecule has 1 aromatic rings. The van der Waals surface area contributed by atoms with Crippen LogP contribution in [0.25, 0.3) is 0 Å². The molecule has 1 aromatic carbocycles. The molecule has 8 nitrogen and oxygen atoms in total. The predicted molar refractivity (Wildman–Crippen MR) is 90.2 cm³/mol. The van der Waals surface area contributed by atoms with Crippen molar-refractivity contribution in [2.24, 2.45) is 11.7 Å². The minimum absolute atomic E-state index is 0.189. The highest BCUT2D eigenvalue weighted by molar-refractivity contribution is 7.89. The third-order valence-corrected chi connectivity index (χ3v) is 5.42. The van der Waals surface area contributed by atoms with Crippen molar-refractivity contribution < 1.29 is 31.2 Å². The van der Waals surface area contributed by atoms with Crippen LogP contribution in [0.1, 0.15) is 12.8 Å². The summed E-state index contributed by atoms with van der Waals surface area (Å²) in [6.45, 7) is -1.00. The van der Waals surface area contributed by atoms with Crippen molar-refractivity contribution in [2.75, 3.05) is 25.0 Å². The lowest BCUT2D eigenvalue weighted by atomic mass is 9.97. The molecule has 1 aliphatic rings. The van der Waals surface area contributed by atoms with E-state index >= 15 is 0 Å². The Kier molecular flexibility index (Phi) is 6.31. The lowest BCUT2D eigenvalue weighted by Crippen LogP contribution is -2.46. The number of carbonyl (C=O) groups excluding carboxylic acids is 2. The normalized spacial score (nSPS) is 18.2. The van der Waals surface area contributed by atoms with Crippen LogP contribution in [0.2, 0.25) is 0 Å². The van der Waals surface area contributed by atoms with Gasteiger partial charge in [0.05, 0.1) is 10.8 Å². The molecule has 1 aliphatic heterocycles. The van der Waals surface area contributed by atoms with Crippen LogP contribution in [-0.4, -0.2) is 51.1 Å². The van der Waals surface area contributed by atoms with E-state index < -0.39 is 34.7 Å². The molecule has 1 saturated heterocycles. The fourth-order valence-corrected chi connectivity index (χ4v) is 3.63. The van der Waals surface area contributed by atoms with E-state index in [4.69, 9.17) is 5.73 Å². The highest BCUT2D eigenvalue weighted by Crippen LogP contribution is 2.20. The minimum atomic E-state index is -4.67. The molecule has 0 aromatic heterocycles. The van der Waals surface area contributed by atoms with Crippen LogP contribution >= 0.6 is 0 Å². The SMILES string of the molecule is NC(=O)N1CCC[C@H](C(=O)Nc2ccc(S(=O)(=O)NCC(F)(F)F)cc2)C1. The quantitative estimate of drug-likeness (QED) is 0.679. The Morgan fingerprint density at radius 2 is 1.85 bits per heavy atom. The first kappa shape index (κ1) is 21.0. The average Bonchev–Trinajstić information content (AvgIpc) is 2.60. The number of amides is 3. The number of nitrogens with one attached hydrogen (secondary N) is 2. The van der Waals surface area contributed by atoms with E-state index in [1.165, 1.54) is 21.8 Å². The van der Waals surface area contributed by atoms with Crippen LogP contribution in [-0.2, 0) is 14.8 Å². The molecule has 2 rings (SSSR count). The number of likely N-dealkylation sites (tertiary alicyclic amines) is 1. The van der Waals surface area contributed by atoms with Gasteiger partial charge < -0.3 is 16.0 Å². The third kappa shape index (κ3) is 6.10. The number of nitrogens with zero attached hydrogens (tertiary/aromatic N) is 1. The van der Waals surface area contributed by atoms with Gasteiger partial charge in [0.1, 0.15) is 6.54 Å². The topological polar surface area (TPSA) is 122 Å². The van der Waals surface area contributed by atoms with Gasteiger partial charge in [0.2, 0.25) is 15.9 Å². The summed E-state index contributed by atoms with van der Waals surface area (Å²) < 4.78 is 61.5. The van der Waals surface area contributed by atoms with E-state index in [-0.39, 0.29) is 23.0 Å². The second-order valence-corrected chi connectivity index (χ2v) is 7.84. The minimum Gasteiger partial charge on any atom is -0.351 e. The van der Waals surface area contributed by atoms with Crippen molar-refractivity contribution in [3.63, 3.8) is 0 Å². The van der Waals surface area contributed by atoms with Gasteiger partial charge in [0.25, 0.3) is 0 Å². The molecular formula is C15H19F3N4O4S. The zero-order valence-corrected chi connectivity index (χ0v) is 14.9. The highest BCUT2D eigenvalue weighted by Gasteiger charge is 2.30. The molecule has 0 saturated carbocycles. The molecule has 1 fully saturated rings. The van der Waals surface area contributed by atoms with E-state index in [0.29, 0.717) is 19.4 Å². The number of anilines is 1. The Balaban J connectivity index is 1.99. The van der Waals surface area contributed by atoms with Crippen molar-refractivity contribution in [3.05, 3.63) is 24.3 Å². The van der Waals surface area contributed by atoms with E-state index in [9.17, 15) is 31.2 Å². The molecule has 0 unspecified atom stereocenters. The smallest absolute Gasteiger partial charge is 0.351 e. The van der Waals surface area contributed by atoms with Crippen LogP contribution < -0.4 is 15.8 Å². The molecule has 0 bridgehead atoms. The van der Waals surface area contributed by atoms with Crippen LogP contribution in [0.3, 0.4) is 0 Å². The van der Waals surface area contributed by atoms with Gasteiger partial charge in [-0.25, -0.2) is 17.9 Å². The Labute approximate surface area is 153 Å². The summed E-state index contributed by atoms with van der Waals surface area (Å²) in [5.74, 6) is -0.810. The molecule has 0 spiro atoms. The van der Waals surface area contributed by atoms with Gasteiger partial charge in [-0.15, -0.1) is 0 Å². The van der Waals surface area contributed by atoms with Crippen molar-refractivity contribution in [1.82, 2.24) is 9.62 Å². The molecule has 1 heterocycles. The number of hydrogen-bond acceptors (Lipinski definition) is 4. The first-order valence-corrected chi connectivity index (χ1v) is 9.48. The Morgan fingerprint density at radius 1 is 1.22 bits per heavy atom. The number of halogens is 3. The van der Waals surface area contributed by atoms with Crippen LogP contribution in [0.15, 0.2) is 29.2 Å². The molecule has 4 N–H and O–H groups in total. The third-order valence-electron chi connectivity index (χ3n) is 4.00. The molecule has 12 heteroatoms. The second kappa shape index (κ2) is 8.13. The van der Waals surface area contributed by atoms with Gasteiger partial charge in [-0.3, -0.25) is 4.79 Å². The summed E-state index contributed by atoms with van der Waals surface area (Å²) in [6.07, 6.45) is -3.47. The van der Waals surface area contributed by atoms with Crippen molar-refractivity contribution in [1.29, 1.82) is 0 Å². The van der Waals surface area contributed by atoms with Crippen molar-refractivity contribution in [2.45, 2.75) is 23.9 Å². The van der Waals surface area contributed by atoms with E-state index in [0.717, 1.165) is 12.1 Å². The van der Waals surface area contributed by atoms with E-state index in [2.05, 4.69) is 5.32 Å². The number of hydrogen-bond donors (Lipinski definition) is 3. The first-order valence-electron chi connectivity index (χ1n) is 8.00. The summed E-state index contributed by atoms with van der Waals surface area (Å²) in [4.78, 5) is 24.5. The van der Waals surface area contributed by atoms with Gasteiger partial charge >= 0.3 is 12.2 Å². The number of carbonyl (C=O) groups is 2. The number of nitrogens with two attached hydrogens (primary N) is 1. The summed E-state index contributed by atoms with van der Waals surface area (Å²) in [5.41, 5.74) is 5.50. The molecule has 3 amide bonds. The van der Waals surface area contributed by atoms with Crippen LogP contribution in [0.5, 0.6) is 0 Å². The fraction of sp³-hybridized carbons (Fsp3) is 0.467. The lowest BCUT2D eigenvalue weighted by molar-refractivity contribution is -0.122. The predicted octanol–water partition coefficient (Wildman–Crippen LogP) is 1.26. The van der Waals surface area contributed by atoms with Crippen molar-refractivity contribution in [3.8, 4) is 0 Å². The molecule has 0 aliphatic carbocycles. The molecule has 150 valence electrons. The molecular weight excluding hydrogens is 389 g/mol. The number of urea groups is 1. The number of sulfonamides is 1. The van der Waals surface area contributed by atoms with Gasteiger partial charge in [0, 0.05) is 18.8 Å². The first-order chi connectivity index (χ1) is 12.5. The van der Waals surface area contributed by atoms with Gasteiger partial charge in [-0.2, -0.15) is 13.2 Å². The number of piperidine rings is 1. The monoisotopic (exact) mass is 408 g/mol. The second-order valence-electron chi connectivity index (χ2n) is 6.08. The molecule has 0 radical (unpaired) electrons. The lowest BCUT2D eigenvalue weighted by Gasteiger charge is -2.30. The number of benzene rings is 1. The maximum atomic E-state index is 12.3. The zero-order chi connectivity index (χ0) is 20.2. The summed E-state index contributed by atoms with van der Waals surface area (Å²) in [6, 6.07) is 4.12. The van der Waals surface area contributed by atoms with Crippen LogP contribution in [0, 0.1) is 5.92 Å².